The van der Waals surface area contributed by atoms with Crippen molar-refractivity contribution in [3.8, 4) is 5.75 Å². The van der Waals surface area contributed by atoms with Crippen LogP contribution in [0.5, 0.6) is 5.75 Å². The summed E-state index contributed by atoms with van der Waals surface area (Å²) in [6.07, 6.45) is 2.70. The number of hydrogen-bond acceptors (Lipinski definition) is 4. The number of carbonyl (C=O) groups is 1. The summed E-state index contributed by atoms with van der Waals surface area (Å²) in [7, 11) is 0. The summed E-state index contributed by atoms with van der Waals surface area (Å²) < 4.78 is 0. The molecule has 2 N–H and O–H groups in total. The van der Waals surface area contributed by atoms with Crippen LogP contribution in [-0.2, 0) is 5.60 Å². The number of phenols is 1. The second-order valence-electron chi connectivity index (χ2n) is 7.72. The highest BCUT2D eigenvalue weighted by atomic mass is 35.5. The molecule has 0 unspecified atom stereocenters. The van der Waals surface area contributed by atoms with E-state index < -0.39 is 5.60 Å². The van der Waals surface area contributed by atoms with E-state index >= 15 is 0 Å². The van der Waals surface area contributed by atoms with E-state index in [-0.39, 0.29) is 22.7 Å². The SMILES string of the molecule is O=C(c1ccc(Cl)c(O)c1)N1CC[C@](O)(c2ccccc2)[C@H](N2CCCC2)C1. The largest absolute Gasteiger partial charge is 0.506 e. The van der Waals surface area contributed by atoms with Gasteiger partial charge in [-0.2, -0.15) is 0 Å². The quantitative estimate of drug-likeness (QED) is 0.830. The van der Waals surface area contributed by atoms with E-state index in [2.05, 4.69) is 4.90 Å². The first kappa shape index (κ1) is 19.2. The van der Waals surface area contributed by atoms with Crippen LogP contribution in [0.2, 0.25) is 5.02 Å². The first-order valence-corrected chi connectivity index (χ1v) is 10.2. The number of rotatable bonds is 3. The van der Waals surface area contributed by atoms with Crippen LogP contribution < -0.4 is 0 Å². The van der Waals surface area contributed by atoms with Crippen LogP contribution in [0.15, 0.2) is 48.5 Å². The number of nitrogens with zero attached hydrogens (tertiary/aromatic N) is 2. The van der Waals surface area contributed by atoms with E-state index in [9.17, 15) is 15.0 Å². The lowest BCUT2D eigenvalue weighted by Gasteiger charge is -2.48. The summed E-state index contributed by atoms with van der Waals surface area (Å²) >= 11 is 5.87. The summed E-state index contributed by atoms with van der Waals surface area (Å²) in [5, 5.41) is 21.8. The number of halogens is 1. The molecule has 2 saturated heterocycles. The number of likely N-dealkylation sites (tertiary alicyclic amines) is 2. The van der Waals surface area contributed by atoms with Gasteiger partial charge in [-0.1, -0.05) is 41.9 Å². The van der Waals surface area contributed by atoms with Crippen molar-refractivity contribution < 1.29 is 15.0 Å². The van der Waals surface area contributed by atoms with Gasteiger partial charge in [-0.25, -0.2) is 0 Å². The van der Waals surface area contributed by atoms with E-state index in [1.54, 1.807) is 11.0 Å². The lowest BCUT2D eigenvalue weighted by atomic mass is 9.79. The Kier molecular flexibility index (Phi) is 5.32. The predicted octanol–water partition coefficient (Wildman–Crippen LogP) is 3.24. The number of amides is 1. The molecule has 2 aliphatic rings. The second-order valence-corrected chi connectivity index (χ2v) is 8.12. The molecule has 5 nitrogen and oxygen atoms in total. The molecule has 0 spiro atoms. The zero-order chi connectivity index (χ0) is 19.7. The zero-order valence-electron chi connectivity index (χ0n) is 15.7. The number of aromatic hydroxyl groups is 1. The van der Waals surface area contributed by atoms with Crippen LogP contribution in [0.25, 0.3) is 0 Å². The first-order valence-electron chi connectivity index (χ1n) is 9.79. The Bertz CT molecular complexity index is 854. The molecule has 6 heteroatoms. The average Bonchev–Trinajstić information content (AvgIpc) is 3.25. The molecule has 0 aromatic heterocycles. The maximum atomic E-state index is 13.0. The van der Waals surface area contributed by atoms with Crippen molar-refractivity contribution in [2.24, 2.45) is 0 Å². The van der Waals surface area contributed by atoms with E-state index in [0.29, 0.717) is 25.1 Å². The second kappa shape index (κ2) is 7.74. The molecule has 2 heterocycles. The Labute approximate surface area is 170 Å². The van der Waals surface area contributed by atoms with Crippen molar-refractivity contribution in [3.05, 3.63) is 64.7 Å². The van der Waals surface area contributed by atoms with Crippen LogP contribution in [0.1, 0.15) is 35.2 Å². The molecule has 0 saturated carbocycles. The van der Waals surface area contributed by atoms with Crippen LogP contribution >= 0.6 is 11.6 Å². The van der Waals surface area contributed by atoms with Gasteiger partial charge in [0.15, 0.2) is 0 Å². The maximum Gasteiger partial charge on any atom is 0.254 e. The highest BCUT2D eigenvalue weighted by Crippen LogP contribution is 2.38. The minimum atomic E-state index is -0.982. The van der Waals surface area contributed by atoms with Crippen molar-refractivity contribution in [1.29, 1.82) is 0 Å². The molecule has 2 aliphatic heterocycles. The molecule has 0 radical (unpaired) electrons. The minimum Gasteiger partial charge on any atom is -0.506 e. The van der Waals surface area contributed by atoms with Crippen LogP contribution in [0.3, 0.4) is 0 Å². The molecule has 4 rings (SSSR count). The number of piperidine rings is 1. The highest BCUT2D eigenvalue weighted by molar-refractivity contribution is 6.32. The zero-order valence-corrected chi connectivity index (χ0v) is 16.5. The van der Waals surface area contributed by atoms with Gasteiger partial charge in [0, 0.05) is 18.7 Å². The Morgan fingerprint density at radius 1 is 1.07 bits per heavy atom. The normalized spacial score (nSPS) is 25.8. The average molecular weight is 401 g/mol. The summed E-state index contributed by atoms with van der Waals surface area (Å²) in [4.78, 5) is 17.1. The Morgan fingerprint density at radius 2 is 1.79 bits per heavy atom. The van der Waals surface area contributed by atoms with Crippen LogP contribution in [-0.4, -0.2) is 58.1 Å². The Hall–Kier alpha value is -2.08. The Morgan fingerprint density at radius 3 is 2.46 bits per heavy atom. The van der Waals surface area contributed by atoms with Gasteiger partial charge < -0.3 is 15.1 Å². The van der Waals surface area contributed by atoms with E-state index in [1.165, 1.54) is 12.1 Å². The third kappa shape index (κ3) is 3.50. The maximum absolute atomic E-state index is 13.0. The monoisotopic (exact) mass is 400 g/mol. The van der Waals surface area contributed by atoms with Crippen molar-refractivity contribution in [3.63, 3.8) is 0 Å². The molecular weight excluding hydrogens is 376 g/mol. The smallest absolute Gasteiger partial charge is 0.254 e. The van der Waals surface area contributed by atoms with Gasteiger partial charge in [0.1, 0.15) is 11.4 Å². The Balaban J connectivity index is 1.62. The number of carbonyl (C=O) groups excluding carboxylic acids is 1. The van der Waals surface area contributed by atoms with Crippen molar-refractivity contribution in [2.75, 3.05) is 26.2 Å². The molecule has 0 aliphatic carbocycles. The fourth-order valence-corrected chi connectivity index (χ4v) is 4.59. The predicted molar refractivity (Wildman–Crippen MR) is 109 cm³/mol. The molecule has 2 aromatic carbocycles. The van der Waals surface area contributed by atoms with Gasteiger partial charge in [0.25, 0.3) is 5.91 Å². The van der Waals surface area contributed by atoms with Crippen molar-refractivity contribution in [1.82, 2.24) is 9.80 Å². The third-order valence-electron chi connectivity index (χ3n) is 6.04. The highest BCUT2D eigenvalue weighted by Gasteiger charge is 2.47. The third-order valence-corrected chi connectivity index (χ3v) is 6.36. The van der Waals surface area contributed by atoms with Gasteiger partial charge in [-0.15, -0.1) is 0 Å². The number of phenolic OH excluding ortho intramolecular Hbond substituents is 1. The first-order chi connectivity index (χ1) is 13.5. The summed E-state index contributed by atoms with van der Waals surface area (Å²) in [5.74, 6) is -0.243. The lowest BCUT2D eigenvalue weighted by Crippen LogP contribution is -2.61. The molecular formula is C22H25ClN2O3. The summed E-state index contributed by atoms with van der Waals surface area (Å²) in [5.41, 5.74) is 0.334. The molecule has 2 fully saturated rings. The van der Waals surface area contributed by atoms with E-state index in [1.807, 2.05) is 30.3 Å². The molecule has 28 heavy (non-hydrogen) atoms. The summed E-state index contributed by atoms with van der Waals surface area (Å²) in [6, 6.07) is 14.2. The lowest BCUT2D eigenvalue weighted by molar-refractivity contribution is -0.0878. The van der Waals surface area contributed by atoms with E-state index in [4.69, 9.17) is 11.6 Å². The topological polar surface area (TPSA) is 64.0 Å². The van der Waals surface area contributed by atoms with Gasteiger partial charge in [0.05, 0.1) is 11.1 Å². The van der Waals surface area contributed by atoms with Crippen molar-refractivity contribution >= 4 is 17.5 Å². The van der Waals surface area contributed by atoms with Crippen LogP contribution in [0, 0.1) is 0 Å². The van der Waals surface area contributed by atoms with Gasteiger partial charge in [-0.05, 0) is 56.1 Å². The van der Waals surface area contributed by atoms with Gasteiger partial charge >= 0.3 is 0 Å². The van der Waals surface area contributed by atoms with Crippen molar-refractivity contribution in [2.45, 2.75) is 30.9 Å². The number of aliphatic hydroxyl groups is 1. The summed E-state index contributed by atoms with van der Waals surface area (Å²) in [6.45, 7) is 2.78. The molecule has 2 atom stereocenters. The fraction of sp³-hybridized carbons (Fsp3) is 0.409. The molecule has 148 valence electrons. The molecule has 1 amide bonds. The number of benzene rings is 2. The molecule has 2 aromatic rings. The van der Waals surface area contributed by atoms with Gasteiger partial charge in [-0.3, -0.25) is 9.69 Å². The van der Waals surface area contributed by atoms with E-state index in [0.717, 1.165) is 31.5 Å². The van der Waals surface area contributed by atoms with Crippen LogP contribution in [0.4, 0.5) is 0 Å². The molecule has 0 bridgehead atoms. The number of hydrogen-bond donors (Lipinski definition) is 2. The van der Waals surface area contributed by atoms with Gasteiger partial charge in [0.2, 0.25) is 0 Å². The minimum absolute atomic E-state index is 0.0959. The standard InChI is InChI=1S/C22H25ClN2O3/c23-18-9-8-16(14-19(18)26)21(27)25-13-10-22(28,17-6-2-1-3-7-17)20(15-25)24-11-4-5-12-24/h1-3,6-9,14,20,26,28H,4-5,10-13,15H2/t20-,22+/m1/s1. The fourth-order valence-electron chi connectivity index (χ4n) is 4.47.